The first-order chi connectivity index (χ1) is 8.67. The van der Waals surface area contributed by atoms with Crippen molar-refractivity contribution in [3.05, 3.63) is 28.3 Å². The lowest BCUT2D eigenvalue weighted by atomic mass is 10.2. The minimum Gasteiger partial charge on any atom is -0.493 e. The van der Waals surface area contributed by atoms with E-state index in [4.69, 9.17) is 11.2 Å². The number of non-ortho nitro benzene ring substituents is 1. The highest BCUT2D eigenvalue weighted by Gasteiger charge is 2.10. The number of benzene rings is 1. The van der Waals surface area contributed by atoms with Gasteiger partial charge in [-0.1, -0.05) is 6.92 Å². The van der Waals surface area contributed by atoms with Crippen LogP contribution in [0.25, 0.3) is 0 Å². The molecule has 0 heterocycles. The highest BCUT2D eigenvalue weighted by Crippen LogP contribution is 2.26. The third-order valence-corrected chi connectivity index (χ3v) is 2.17. The summed E-state index contributed by atoms with van der Waals surface area (Å²) in [5.74, 6) is 2.99. The van der Waals surface area contributed by atoms with Gasteiger partial charge in [-0.05, 0) is 6.42 Å². The molecule has 1 aromatic carbocycles. The fourth-order valence-corrected chi connectivity index (χ4v) is 1.37. The highest BCUT2D eigenvalue weighted by atomic mass is 16.6. The standard InChI is InChI=1S/C13H16N2O3/c1-3-5-6-14-11-8-12(15(16)17)10-13(9-11)18-7-4-2/h1,8-10,14H,4-7H2,2H3. The number of hydrogen-bond donors (Lipinski definition) is 1. The van der Waals surface area contributed by atoms with Crippen molar-refractivity contribution < 1.29 is 9.66 Å². The molecule has 0 saturated heterocycles. The molecule has 0 unspecified atom stereocenters. The predicted molar refractivity (Wildman–Crippen MR) is 70.8 cm³/mol. The number of anilines is 1. The van der Waals surface area contributed by atoms with Crippen molar-refractivity contribution in [1.29, 1.82) is 0 Å². The van der Waals surface area contributed by atoms with Crippen molar-refractivity contribution >= 4 is 11.4 Å². The van der Waals surface area contributed by atoms with Crippen molar-refractivity contribution in [2.45, 2.75) is 19.8 Å². The Balaban J connectivity index is 2.84. The number of nitrogens with one attached hydrogen (secondary N) is 1. The summed E-state index contributed by atoms with van der Waals surface area (Å²) in [7, 11) is 0. The van der Waals surface area contributed by atoms with Crippen molar-refractivity contribution in [3.63, 3.8) is 0 Å². The lowest BCUT2D eigenvalue weighted by molar-refractivity contribution is -0.384. The quantitative estimate of drug-likeness (QED) is 0.349. The Labute approximate surface area is 106 Å². The molecule has 0 aliphatic rings. The number of nitro benzene ring substituents is 1. The van der Waals surface area contributed by atoms with Gasteiger partial charge in [0.2, 0.25) is 0 Å². The summed E-state index contributed by atoms with van der Waals surface area (Å²) in [6, 6.07) is 4.62. The van der Waals surface area contributed by atoms with Crippen molar-refractivity contribution in [2.24, 2.45) is 0 Å². The molecule has 0 fully saturated rings. The van der Waals surface area contributed by atoms with Gasteiger partial charge in [-0.15, -0.1) is 12.3 Å². The summed E-state index contributed by atoms with van der Waals surface area (Å²) in [4.78, 5) is 10.4. The summed E-state index contributed by atoms with van der Waals surface area (Å²) >= 11 is 0. The largest absolute Gasteiger partial charge is 0.493 e. The average Bonchev–Trinajstić information content (AvgIpc) is 2.36. The van der Waals surface area contributed by atoms with E-state index in [1.54, 1.807) is 6.07 Å². The zero-order valence-electron chi connectivity index (χ0n) is 10.3. The van der Waals surface area contributed by atoms with Gasteiger partial charge in [0.25, 0.3) is 5.69 Å². The van der Waals surface area contributed by atoms with Gasteiger partial charge in [-0.2, -0.15) is 0 Å². The topological polar surface area (TPSA) is 64.4 Å². The second kappa shape index (κ2) is 7.17. The zero-order valence-corrected chi connectivity index (χ0v) is 10.3. The molecule has 0 atom stereocenters. The fourth-order valence-electron chi connectivity index (χ4n) is 1.37. The van der Waals surface area contributed by atoms with Crippen LogP contribution in [0.5, 0.6) is 5.75 Å². The van der Waals surface area contributed by atoms with Crippen LogP contribution in [0.15, 0.2) is 18.2 Å². The van der Waals surface area contributed by atoms with Crippen molar-refractivity contribution in [3.8, 4) is 18.1 Å². The smallest absolute Gasteiger partial charge is 0.275 e. The number of hydrogen-bond acceptors (Lipinski definition) is 4. The lowest BCUT2D eigenvalue weighted by Crippen LogP contribution is -2.02. The number of rotatable bonds is 7. The molecule has 0 amide bonds. The SMILES string of the molecule is C#CCCNc1cc(OCCC)cc([N+](=O)[O-])c1. The van der Waals surface area contributed by atoms with Crippen LogP contribution in [-0.2, 0) is 0 Å². The predicted octanol–water partition coefficient (Wildman–Crippen LogP) is 2.82. The number of nitrogens with zero attached hydrogens (tertiary/aromatic N) is 1. The highest BCUT2D eigenvalue weighted by molar-refractivity contribution is 5.56. The number of nitro groups is 1. The fraction of sp³-hybridized carbons (Fsp3) is 0.385. The van der Waals surface area contributed by atoms with Gasteiger partial charge in [0.05, 0.1) is 17.6 Å². The molecule has 1 rings (SSSR count). The molecule has 0 aliphatic heterocycles. The van der Waals surface area contributed by atoms with E-state index in [9.17, 15) is 10.1 Å². The first-order valence-electron chi connectivity index (χ1n) is 5.77. The molecule has 1 N–H and O–H groups in total. The monoisotopic (exact) mass is 248 g/mol. The summed E-state index contributed by atoms with van der Waals surface area (Å²) < 4.78 is 5.41. The Morgan fingerprint density at radius 1 is 1.50 bits per heavy atom. The molecule has 0 spiro atoms. The van der Waals surface area contributed by atoms with Crippen LogP contribution in [0.3, 0.4) is 0 Å². The van der Waals surface area contributed by atoms with Gasteiger partial charge in [0, 0.05) is 30.8 Å². The average molecular weight is 248 g/mol. The Morgan fingerprint density at radius 3 is 2.89 bits per heavy atom. The summed E-state index contributed by atoms with van der Waals surface area (Å²) in [6.45, 7) is 3.08. The normalized spacial score (nSPS) is 9.56. The van der Waals surface area contributed by atoms with E-state index in [0.717, 1.165) is 6.42 Å². The Bertz CT molecular complexity index is 452. The van der Waals surface area contributed by atoms with Crippen LogP contribution in [0.4, 0.5) is 11.4 Å². The van der Waals surface area contributed by atoms with Crippen molar-refractivity contribution in [1.82, 2.24) is 0 Å². The molecule has 96 valence electrons. The molecule has 5 nitrogen and oxygen atoms in total. The third kappa shape index (κ3) is 4.34. The minimum atomic E-state index is -0.439. The van der Waals surface area contributed by atoms with Crippen molar-refractivity contribution in [2.75, 3.05) is 18.5 Å². The molecule has 0 radical (unpaired) electrons. The maximum absolute atomic E-state index is 10.8. The van der Waals surface area contributed by atoms with Gasteiger partial charge < -0.3 is 10.1 Å². The van der Waals surface area contributed by atoms with E-state index in [2.05, 4.69) is 11.2 Å². The Kier molecular flexibility index (Phi) is 5.52. The minimum absolute atomic E-state index is 0.00631. The van der Waals surface area contributed by atoms with E-state index < -0.39 is 4.92 Å². The summed E-state index contributed by atoms with van der Waals surface area (Å²) in [5, 5.41) is 13.8. The molecule has 18 heavy (non-hydrogen) atoms. The van der Waals surface area contributed by atoms with Crippen LogP contribution >= 0.6 is 0 Å². The van der Waals surface area contributed by atoms with Crippen LogP contribution in [0, 0.1) is 22.5 Å². The number of ether oxygens (including phenoxy) is 1. The summed E-state index contributed by atoms with van der Waals surface area (Å²) in [5.41, 5.74) is 0.650. The van der Waals surface area contributed by atoms with Gasteiger partial charge in [-0.3, -0.25) is 10.1 Å². The van der Waals surface area contributed by atoms with E-state index in [1.165, 1.54) is 12.1 Å². The Hall–Kier alpha value is -2.22. The van der Waals surface area contributed by atoms with E-state index in [1.807, 2.05) is 6.92 Å². The maximum atomic E-state index is 10.8. The molecular weight excluding hydrogens is 232 g/mol. The third-order valence-electron chi connectivity index (χ3n) is 2.17. The second-order valence-corrected chi connectivity index (χ2v) is 3.70. The zero-order chi connectivity index (χ0) is 13.4. The first-order valence-corrected chi connectivity index (χ1v) is 5.77. The van der Waals surface area contributed by atoms with E-state index >= 15 is 0 Å². The van der Waals surface area contributed by atoms with Crippen LogP contribution in [0.2, 0.25) is 0 Å². The molecule has 0 saturated carbocycles. The van der Waals surface area contributed by atoms with Crippen LogP contribution in [-0.4, -0.2) is 18.1 Å². The second-order valence-electron chi connectivity index (χ2n) is 3.70. The van der Waals surface area contributed by atoms with Gasteiger partial charge in [0.1, 0.15) is 5.75 Å². The van der Waals surface area contributed by atoms with Gasteiger partial charge in [-0.25, -0.2) is 0 Å². The first kappa shape index (κ1) is 13.8. The number of terminal acetylenes is 1. The summed E-state index contributed by atoms with van der Waals surface area (Å²) in [6.07, 6.45) is 6.56. The molecular formula is C13H16N2O3. The van der Waals surface area contributed by atoms with E-state index in [0.29, 0.717) is 31.0 Å². The molecule has 0 aliphatic carbocycles. The lowest BCUT2D eigenvalue weighted by Gasteiger charge is -2.08. The molecule has 0 bridgehead atoms. The van der Waals surface area contributed by atoms with Gasteiger partial charge in [0.15, 0.2) is 0 Å². The van der Waals surface area contributed by atoms with Crippen LogP contribution in [0.1, 0.15) is 19.8 Å². The molecule has 0 aromatic heterocycles. The van der Waals surface area contributed by atoms with E-state index in [-0.39, 0.29) is 5.69 Å². The van der Waals surface area contributed by atoms with Gasteiger partial charge >= 0.3 is 0 Å². The maximum Gasteiger partial charge on any atom is 0.275 e. The Morgan fingerprint density at radius 2 is 2.28 bits per heavy atom. The van der Waals surface area contributed by atoms with Crippen LogP contribution < -0.4 is 10.1 Å². The molecule has 5 heteroatoms. The molecule has 1 aromatic rings.